The second kappa shape index (κ2) is 5.91. The van der Waals surface area contributed by atoms with Crippen LogP contribution in [0.1, 0.15) is 13.3 Å². The average molecular weight is 243 g/mol. The number of rotatable bonds is 5. The van der Waals surface area contributed by atoms with E-state index in [9.17, 15) is 0 Å². The van der Waals surface area contributed by atoms with Crippen LogP contribution in [0.5, 0.6) is 5.75 Å². The van der Waals surface area contributed by atoms with Crippen LogP contribution in [0.4, 0.5) is 17.2 Å². The number of hydrogen-bond donors (Lipinski definition) is 2. The van der Waals surface area contributed by atoms with E-state index in [0.29, 0.717) is 5.69 Å². The number of pyridine rings is 1. The average Bonchev–Trinajstić information content (AvgIpc) is 2.41. The third-order valence-electron chi connectivity index (χ3n) is 2.39. The van der Waals surface area contributed by atoms with Gasteiger partial charge < -0.3 is 15.8 Å². The van der Waals surface area contributed by atoms with Gasteiger partial charge in [0.1, 0.15) is 11.6 Å². The van der Waals surface area contributed by atoms with Crippen LogP contribution in [0.25, 0.3) is 0 Å². The van der Waals surface area contributed by atoms with E-state index >= 15 is 0 Å². The maximum atomic E-state index is 5.58. The molecule has 3 N–H and O–H groups in total. The number of benzene rings is 1. The molecular formula is C14H17N3O. The Morgan fingerprint density at radius 3 is 2.56 bits per heavy atom. The van der Waals surface area contributed by atoms with Gasteiger partial charge in [0, 0.05) is 5.69 Å². The number of nitrogens with two attached hydrogens (primary N) is 1. The molecule has 0 saturated carbocycles. The fraction of sp³-hybridized carbons (Fsp3) is 0.214. The predicted octanol–water partition coefficient (Wildman–Crippen LogP) is 3.20. The second-order valence-electron chi connectivity index (χ2n) is 3.97. The highest BCUT2D eigenvalue weighted by atomic mass is 16.5. The van der Waals surface area contributed by atoms with Gasteiger partial charge >= 0.3 is 0 Å². The van der Waals surface area contributed by atoms with Crippen molar-refractivity contribution in [1.29, 1.82) is 0 Å². The first-order valence-electron chi connectivity index (χ1n) is 5.99. The van der Waals surface area contributed by atoms with Gasteiger partial charge in [0.05, 0.1) is 18.5 Å². The van der Waals surface area contributed by atoms with E-state index in [-0.39, 0.29) is 0 Å². The van der Waals surface area contributed by atoms with Crippen molar-refractivity contribution in [2.45, 2.75) is 13.3 Å². The molecule has 0 amide bonds. The normalized spacial score (nSPS) is 10.1. The maximum absolute atomic E-state index is 5.58. The van der Waals surface area contributed by atoms with Crippen molar-refractivity contribution in [2.75, 3.05) is 17.7 Å². The Kier molecular flexibility index (Phi) is 4.02. The van der Waals surface area contributed by atoms with Crippen LogP contribution < -0.4 is 15.8 Å². The molecule has 1 aromatic carbocycles. The molecule has 0 spiro atoms. The molecule has 0 bridgehead atoms. The van der Waals surface area contributed by atoms with Gasteiger partial charge in [-0.2, -0.15) is 0 Å². The topological polar surface area (TPSA) is 60.2 Å². The summed E-state index contributed by atoms with van der Waals surface area (Å²) in [5, 5.41) is 3.19. The Morgan fingerprint density at radius 2 is 1.94 bits per heavy atom. The van der Waals surface area contributed by atoms with Crippen molar-refractivity contribution in [2.24, 2.45) is 0 Å². The number of aromatic nitrogens is 1. The van der Waals surface area contributed by atoms with E-state index in [1.165, 1.54) is 0 Å². The minimum atomic E-state index is 0.656. The molecule has 1 aromatic heterocycles. The van der Waals surface area contributed by atoms with E-state index in [1.807, 2.05) is 36.4 Å². The van der Waals surface area contributed by atoms with Gasteiger partial charge in [-0.15, -0.1) is 0 Å². The van der Waals surface area contributed by atoms with E-state index in [0.717, 1.165) is 30.3 Å². The Balaban J connectivity index is 1.99. The number of ether oxygens (including phenoxy) is 1. The van der Waals surface area contributed by atoms with Crippen LogP contribution in [-0.2, 0) is 0 Å². The summed E-state index contributed by atoms with van der Waals surface area (Å²) in [6.45, 7) is 2.83. The number of nitrogen functional groups attached to an aromatic ring is 1. The minimum absolute atomic E-state index is 0.656. The lowest BCUT2D eigenvalue weighted by atomic mass is 10.3. The maximum Gasteiger partial charge on any atom is 0.130 e. The molecule has 0 saturated heterocycles. The monoisotopic (exact) mass is 243 g/mol. The van der Waals surface area contributed by atoms with Crippen LogP contribution in [0.2, 0.25) is 0 Å². The molecule has 1 heterocycles. The van der Waals surface area contributed by atoms with Crippen LogP contribution >= 0.6 is 0 Å². The molecular weight excluding hydrogens is 226 g/mol. The molecule has 4 heteroatoms. The van der Waals surface area contributed by atoms with Crippen molar-refractivity contribution in [3.63, 3.8) is 0 Å². The summed E-state index contributed by atoms with van der Waals surface area (Å²) in [6, 6.07) is 11.5. The lowest BCUT2D eigenvalue weighted by molar-refractivity contribution is 0.317. The zero-order valence-corrected chi connectivity index (χ0v) is 10.4. The molecule has 2 aromatic rings. The highest BCUT2D eigenvalue weighted by Gasteiger charge is 1.97. The van der Waals surface area contributed by atoms with E-state index in [2.05, 4.69) is 17.2 Å². The van der Waals surface area contributed by atoms with Crippen molar-refractivity contribution >= 4 is 17.2 Å². The van der Waals surface area contributed by atoms with Gasteiger partial charge in [-0.05, 0) is 42.8 Å². The molecule has 4 nitrogen and oxygen atoms in total. The summed E-state index contributed by atoms with van der Waals surface area (Å²) < 4.78 is 5.52. The fourth-order valence-electron chi connectivity index (χ4n) is 1.48. The molecule has 0 aliphatic rings. The lowest BCUT2D eigenvalue weighted by Gasteiger charge is -2.08. The Hall–Kier alpha value is -2.23. The van der Waals surface area contributed by atoms with E-state index in [1.54, 1.807) is 6.20 Å². The smallest absolute Gasteiger partial charge is 0.130 e. The number of nitrogens with zero attached hydrogens (tertiary/aromatic N) is 1. The van der Waals surface area contributed by atoms with Gasteiger partial charge in [-0.1, -0.05) is 6.92 Å². The van der Waals surface area contributed by atoms with Crippen LogP contribution in [0, 0.1) is 0 Å². The fourth-order valence-corrected chi connectivity index (χ4v) is 1.48. The summed E-state index contributed by atoms with van der Waals surface area (Å²) in [5.74, 6) is 1.65. The largest absolute Gasteiger partial charge is 0.494 e. The third kappa shape index (κ3) is 3.38. The van der Waals surface area contributed by atoms with Gasteiger partial charge in [0.15, 0.2) is 0 Å². The predicted molar refractivity (Wildman–Crippen MR) is 74.2 cm³/mol. The Labute approximate surface area is 107 Å². The van der Waals surface area contributed by atoms with Crippen LogP contribution in [-0.4, -0.2) is 11.6 Å². The van der Waals surface area contributed by atoms with Crippen molar-refractivity contribution in [3.05, 3.63) is 42.6 Å². The first-order chi connectivity index (χ1) is 8.78. The summed E-state index contributed by atoms with van der Waals surface area (Å²) in [5.41, 5.74) is 7.20. The summed E-state index contributed by atoms with van der Waals surface area (Å²) >= 11 is 0. The molecule has 2 rings (SSSR count). The highest BCUT2D eigenvalue weighted by molar-refractivity contribution is 5.58. The zero-order valence-electron chi connectivity index (χ0n) is 10.4. The summed E-state index contributed by atoms with van der Waals surface area (Å²) in [7, 11) is 0. The highest BCUT2D eigenvalue weighted by Crippen LogP contribution is 2.19. The molecule has 94 valence electrons. The molecule has 0 atom stereocenters. The quantitative estimate of drug-likeness (QED) is 0.846. The van der Waals surface area contributed by atoms with E-state index in [4.69, 9.17) is 10.5 Å². The molecule has 0 radical (unpaired) electrons. The minimum Gasteiger partial charge on any atom is -0.494 e. The zero-order chi connectivity index (χ0) is 12.8. The van der Waals surface area contributed by atoms with E-state index < -0.39 is 0 Å². The number of anilines is 3. The van der Waals surface area contributed by atoms with Crippen molar-refractivity contribution in [1.82, 2.24) is 4.98 Å². The van der Waals surface area contributed by atoms with Gasteiger partial charge in [0.25, 0.3) is 0 Å². The Morgan fingerprint density at radius 1 is 1.17 bits per heavy atom. The first-order valence-corrected chi connectivity index (χ1v) is 5.99. The molecule has 18 heavy (non-hydrogen) atoms. The second-order valence-corrected chi connectivity index (χ2v) is 3.97. The van der Waals surface area contributed by atoms with Gasteiger partial charge in [0.2, 0.25) is 0 Å². The summed E-state index contributed by atoms with van der Waals surface area (Å²) in [6.07, 6.45) is 2.64. The SMILES string of the molecule is CCCOc1ccc(Nc2ccc(N)cn2)cc1. The molecule has 0 fully saturated rings. The van der Waals surface area contributed by atoms with Gasteiger partial charge in [-0.3, -0.25) is 0 Å². The van der Waals surface area contributed by atoms with Crippen molar-refractivity contribution < 1.29 is 4.74 Å². The number of nitrogens with one attached hydrogen (secondary N) is 1. The van der Waals surface area contributed by atoms with Crippen molar-refractivity contribution in [3.8, 4) is 5.75 Å². The molecule has 0 unspecified atom stereocenters. The van der Waals surface area contributed by atoms with Gasteiger partial charge in [-0.25, -0.2) is 4.98 Å². The standard InChI is InChI=1S/C14H17N3O/c1-2-9-18-13-6-4-12(5-7-13)17-14-8-3-11(15)10-16-14/h3-8,10H,2,9,15H2,1H3,(H,16,17). The lowest BCUT2D eigenvalue weighted by Crippen LogP contribution is -1.96. The van der Waals surface area contributed by atoms with Crippen LogP contribution in [0.3, 0.4) is 0 Å². The molecule has 0 aliphatic carbocycles. The van der Waals surface area contributed by atoms with Crippen LogP contribution in [0.15, 0.2) is 42.6 Å². The Bertz CT molecular complexity index is 479. The number of hydrogen-bond acceptors (Lipinski definition) is 4. The molecule has 0 aliphatic heterocycles. The summed E-state index contributed by atoms with van der Waals surface area (Å²) in [4.78, 5) is 4.18. The first kappa shape index (κ1) is 12.2. The third-order valence-corrected chi connectivity index (χ3v) is 2.39.